The molecular weight excluding hydrogens is 234 g/mol. The number of hydrogen-bond acceptors (Lipinski definition) is 4. The number of rotatable bonds is 3. The van der Waals surface area contributed by atoms with Crippen molar-refractivity contribution >= 4 is 16.6 Å². The zero-order chi connectivity index (χ0) is 12.3. The fraction of sp³-hybridized carbons (Fsp3) is 0.583. The lowest BCUT2D eigenvalue weighted by Crippen LogP contribution is -2.38. The molecule has 5 heteroatoms. The van der Waals surface area contributed by atoms with Crippen LogP contribution in [0.1, 0.15) is 12.5 Å². The van der Waals surface area contributed by atoms with Crippen molar-refractivity contribution < 1.29 is 4.21 Å². The van der Waals surface area contributed by atoms with Gasteiger partial charge in [0.2, 0.25) is 0 Å². The van der Waals surface area contributed by atoms with Gasteiger partial charge in [0, 0.05) is 47.6 Å². The third kappa shape index (κ3) is 3.51. The number of hydrogen-bond donors (Lipinski definition) is 1. The van der Waals surface area contributed by atoms with Gasteiger partial charge in [-0.25, -0.2) is 4.98 Å². The van der Waals surface area contributed by atoms with Crippen molar-refractivity contribution in [2.45, 2.75) is 19.4 Å². The highest BCUT2D eigenvalue weighted by molar-refractivity contribution is 7.85. The van der Waals surface area contributed by atoms with Gasteiger partial charge >= 0.3 is 0 Å². The van der Waals surface area contributed by atoms with Crippen molar-refractivity contribution in [2.75, 3.05) is 29.5 Å². The van der Waals surface area contributed by atoms with Gasteiger partial charge in [0.15, 0.2) is 0 Å². The van der Waals surface area contributed by atoms with Crippen molar-refractivity contribution in [2.24, 2.45) is 5.73 Å². The summed E-state index contributed by atoms with van der Waals surface area (Å²) in [4.78, 5) is 6.64. The van der Waals surface area contributed by atoms with Gasteiger partial charge in [0.1, 0.15) is 5.82 Å². The summed E-state index contributed by atoms with van der Waals surface area (Å²) >= 11 is 0. The standard InChI is InChI=1S/C12H19N3OS/c1-10(13)8-11-2-3-12(14-9-11)15-4-6-17(16)7-5-15/h2-3,9-10H,4-8,13H2,1H3. The minimum Gasteiger partial charge on any atom is -0.355 e. The summed E-state index contributed by atoms with van der Waals surface area (Å²) in [5, 5.41) is 0. The van der Waals surface area contributed by atoms with E-state index in [2.05, 4.69) is 16.0 Å². The van der Waals surface area contributed by atoms with Crippen LogP contribution in [0.25, 0.3) is 0 Å². The van der Waals surface area contributed by atoms with Crippen LogP contribution < -0.4 is 10.6 Å². The molecule has 0 spiro atoms. The van der Waals surface area contributed by atoms with Crippen molar-refractivity contribution in [3.05, 3.63) is 23.9 Å². The maximum atomic E-state index is 11.3. The van der Waals surface area contributed by atoms with Crippen molar-refractivity contribution in [1.29, 1.82) is 0 Å². The number of nitrogens with two attached hydrogens (primary N) is 1. The minimum absolute atomic E-state index is 0.167. The number of nitrogens with zero attached hydrogens (tertiary/aromatic N) is 2. The molecule has 1 unspecified atom stereocenters. The van der Waals surface area contributed by atoms with Gasteiger partial charge < -0.3 is 10.6 Å². The molecule has 2 heterocycles. The van der Waals surface area contributed by atoms with Crippen molar-refractivity contribution in [3.63, 3.8) is 0 Å². The molecule has 1 atom stereocenters. The molecule has 1 aliphatic rings. The average molecular weight is 253 g/mol. The van der Waals surface area contributed by atoms with E-state index < -0.39 is 10.8 Å². The third-order valence-electron chi connectivity index (χ3n) is 2.87. The second-order valence-electron chi connectivity index (χ2n) is 4.54. The minimum atomic E-state index is -0.633. The van der Waals surface area contributed by atoms with E-state index in [-0.39, 0.29) is 6.04 Å². The largest absolute Gasteiger partial charge is 0.355 e. The average Bonchev–Trinajstić information content (AvgIpc) is 2.30. The molecule has 2 rings (SSSR count). The lowest BCUT2D eigenvalue weighted by molar-refractivity contribution is 0.672. The molecule has 0 amide bonds. The Labute approximate surface area is 105 Å². The highest BCUT2D eigenvalue weighted by Crippen LogP contribution is 2.14. The molecule has 0 bridgehead atoms. The molecule has 0 saturated carbocycles. The summed E-state index contributed by atoms with van der Waals surface area (Å²) < 4.78 is 11.3. The van der Waals surface area contributed by atoms with Crippen molar-refractivity contribution in [3.8, 4) is 0 Å². The summed E-state index contributed by atoms with van der Waals surface area (Å²) in [6.45, 7) is 3.67. The van der Waals surface area contributed by atoms with E-state index in [1.54, 1.807) is 0 Å². The van der Waals surface area contributed by atoms with Gasteiger partial charge in [-0.3, -0.25) is 4.21 Å². The molecule has 1 fully saturated rings. The fourth-order valence-electron chi connectivity index (χ4n) is 1.96. The Balaban J connectivity index is 2.00. The highest BCUT2D eigenvalue weighted by atomic mass is 32.2. The molecule has 94 valence electrons. The molecule has 0 aliphatic carbocycles. The predicted octanol–water partition coefficient (Wildman–Crippen LogP) is 0.540. The van der Waals surface area contributed by atoms with Crippen LogP contribution in [0.4, 0.5) is 5.82 Å². The first-order chi connectivity index (χ1) is 8.15. The second-order valence-corrected chi connectivity index (χ2v) is 6.24. The Kier molecular flexibility index (Phi) is 4.12. The molecule has 17 heavy (non-hydrogen) atoms. The van der Waals surface area contributed by atoms with Crippen LogP contribution in [0.15, 0.2) is 18.3 Å². The summed E-state index contributed by atoms with van der Waals surface area (Å²) in [5.41, 5.74) is 6.92. The first-order valence-corrected chi connectivity index (χ1v) is 7.44. The first kappa shape index (κ1) is 12.5. The first-order valence-electron chi connectivity index (χ1n) is 5.95. The van der Waals surface area contributed by atoms with Gasteiger partial charge in [-0.2, -0.15) is 0 Å². The number of anilines is 1. The fourth-order valence-corrected chi connectivity index (χ4v) is 3.02. The molecule has 0 radical (unpaired) electrons. The summed E-state index contributed by atoms with van der Waals surface area (Å²) in [5.74, 6) is 2.49. The van der Waals surface area contributed by atoms with Crippen LogP contribution in [0.5, 0.6) is 0 Å². The third-order valence-corrected chi connectivity index (χ3v) is 4.14. The number of pyridine rings is 1. The summed E-state index contributed by atoms with van der Waals surface area (Å²) in [6, 6.07) is 4.28. The van der Waals surface area contributed by atoms with E-state index >= 15 is 0 Å². The quantitative estimate of drug-likeness (QED) is 0.854. The second kappa shape index (κ2) is 5.60. The molecular formula is C12H19N3OS. The van der Waals surface area contributed by atoms with Crippen LogP contribution in [-0.4, -0.2) is 39.8 Å². The Morgan fingerprint density at radius 3 is 2.71 bits per heavy atom. The van der Waals surface area contributed by atoms with Crippen LogP contribution in [0, 0.1) is 0 Å². The van der Waals surface area contributed by atoms with Crippen LogP contribution in [0.3, 0.4) is 0 Å². The zero-order valence-electron chi connectivity index (χ0n) is 10.1. The lowest BCUT2D eigenvalue weighted by atomic mass is 10.1. The maximum Gasteiger partial charge on any atom is 0.128 e. The van der Waals surface area contributed by atoms with Gasteiger partial charge in [-0.15, -0.1) is 0 Å². The Bertz CT molecular complexity index is 381. The SMILES string of the molecule is CC(N)Cc1ccc(N2CCS(=O)CC2)nc1. The van der Waals surface area contributed by atoms with Gasteiger partial charge in [-0.05, 0) is 25.0 Å². The monoisotopic (exact) mass is 253 g/mol. The highest BCUT2D eigenvalue weighted by Gasteiger charge is 2.16. The Morgan fingerprint density at radius 2 is 2.18 bits per heavy atom. The predicted molar refractivity (Wildman–Crippen MR) is 71.7 cm³/mol. The Hall–Kier alpha value is -0.940. The van der Waals surface area contributed by atoms with Crippen molar-refractivity contribution in [1.82, 2.24) is 4.98 Å². The van der Waals surface area contributed by atoms with Crippen LogP contribution in [-0.2, 0) is 17.2 Å². The molecule has 1 aliphatic heterocycles. The summed E-state index contributed by atoms with van der Waals surface area (Å²) in [6.07, 6.45) is 2.75. The van der Waals surface area contributed by atoms with Crippen LogP contribution in [0.2, 0.25) is 0 Å². The normalized spacial score (nSPS) is 19.3. The molecule has 1 aromatic heterocycles. The molecule has 0 aromatic carbocycles. The molecule has 2 N–H and O–H groups in total. The van der Waals surface area contributed by atoms with E-state index in [4.69, 9.17) is 5.73 Å². The van der Waals surface area contributed by atoms with Gasteiger partial charge in [0.05, 0.1) is 0 Å². The van der Waals surface area contributed by atoms with E-state index in [9.17, 15) is 4.21 Å². The zero-order valence-corrected chi connectivity index (χ0v) is 10.9. The van der Waals surface area contributed by atoms with Crippen LogP contribution >= 0.6 is 0 Å². The van der Waals surface area contributed by atoms with E-state index in [0.29, 0.717) is 0 Å². The molecule has 1 aromatic rings. The Morgan fingerprint density at radius 1 is 1.47 bits per heavy atom. The topological polar surface area (TPSA) is 59.2 Å². The van der Waals surface area contributed by atoms with E-state index in [1.807, 2.05) is 19.2 Å². The van der Waals surface area contributed by atoms with E-state index in [1.165, 1.54) is 5.56 Å². The smallest absolute Gasteiger partial charge is 0.128 e. The molecule has 4 nitrogen and oxygen atoms in total. The van der Waals surface area contributed by atoms with Gasteiger partial charge in [-0.1, -0.05) is 6.07 Å². The summed E-state index contributed by atoms with van der Waals surface area (Å²) in [7, 11) is -0.633. The lowest BCUT2D eigenvalue weighted by Gasteiger charge is -2.27. The number of aromatic nitrogens is 1. The molecule has 1 saturated heterocycles. The van der Waals surface area contributed by atoms with Gasteiger partial charge in [0.25, 0.3) is 0 Å². The van der Waals surface area contributed by atoms with E-state index in [0.717, 1.165) is 36.8 Å². The maximum absolute atomic E-state index is 11.3.